The van der Waals surface area contributed by atoms with E-state index in [0.717, 1.165) is 29.9 Å². The summed E-state index contributed by atoms with van der Waals surface area (Å²) in [5.41, 5.74) is 0.179. The Hall–Kier alpha value is -2.16. The van der Waals surface area contributed by atoms with Crippen LogP contribution in [-0.4, -0.2) is 45.9 Å². The number of carbonyl (C=O) groups excluding carboxylic acids is 3. The molecule has 4 amide bonds. The van der Waals surface area contributed by atoms with Gasteiger partial charge in [0, 0.05) is 37.1 Å². The zero-order valence-electron chi connectivity index (χ0n) is 14.9. The summed E-state index contributed by atoms with van der Waals surface area (Å²) in [6, 6.07) is -0.324. The maximum atomic E-state index is 12.5. The van der Waals surface area contributed by atoms with Gasteiger partial charge >= 0.3 is 10.9 Å². The number of hydrogen-bond donors (Lipinski definition) is 2. The molecular formula is C17H24N4O4S. The minimum Gasteiger partial charge on any atom is -0.356 e. The molecule has 142 valence electrons. The highest BCUT2D eigenvalue weighted by Crippen LogP contribution is 2.34. The number of aryl methyl sites for hydroxylation is 1. The molecule has 2 aliphatic rings. The lowest BCUT2D eigenvalue weighted by Crippen LogP contribution is -2.44. The molecule has 1 aromatic heterocycles. The van der Waals surface area contributed by atoms with Crippen LogP contribution >= 0.6 is 11.3 Å². The second kappa shape index (κ2) is 7.61. The third-order valence-corrected chi connectivity index (χ3v) is 6.00. The smallest absolute Gasteiger partial charge is 0.325 e. The molecule has 1 aliphatic carbocycles. The van der Waals surface area contributed by atoms with E-state index >= 15 is 0 Å². The maximum Gasteiger partial charge on any atom is 0.325 e. The van der Waals surface area contributed by atoms with E-state index < -0.39 is 5.54 Å². The number of aromatic nitrogens is 1. The molecule has 0 unspecified atom stereocenters. The van der Waals surface area contributed by atoms with Gasteiger partial charge in [-0.25, -0.2) is 4.79 Å². The van der Waals surface area contributed by atoms with Gasteiger partial charge in [0.25, 0.3) is 5.91 Å². The van der Waals surface area contributed by atoms with Crippen molar-refractivity contribution in [2.75, 3.05) is 13.1 Å². The van der Waals surface area contributed by atoms with Crippen LogP contribution in [0.3, 0.4) is 0 Å². The fourth-order valence-electron chi connectivity index (χ4n) is 3.64. The molecule has 3 rings (SSSR count). The Balaban J connectivity index is 1.39. The molecule has 8 nitrogen and oxygen atoms in total. The molecular weight excluding hydrogens is 356 g/mol. The van der Waals surface area contributed by atoms with Gasteiger partial charge in [0.15, 0.2) is 0 Å². The van der Waals surface area contributed by atoms with Crippen molar-refractivity contribution in [3.63, 3.8) is 0 Å². The van der Waals surface area contributed by atoms with Crippen molar-refractivity contribution in [1.29, 1.82) is 0 Å². The van der Waals surface area contributed by atoms with Crippen molar-refractivity contribution in [3.8, 4) is 0 Å². The summed E-state index contributed by atoms with van der Waals surface area (Å²) in [6.07, 6.45) is 4.09. The van der Waals surface area contributed by atoms with Gasteiger partial charge in [-0.3, -0.25) is 19.3 Å². The number of carbonyl (C=O) groups is 3. The first kappa shape index (κ1) is 18.6. The monoisotopic (exact) mass is 380 g/mol. The zero-order valence-corrected chi connectivity index (χ0v) is 15.7. The summed E-state index contributed by atoms with van der Waals surface area (Å²) >= 11 is 1.13. The van der Waals surface area contributed by atoms with E-state index in [0.29, 0.717) is 38.9 Å². The van der Waals surface area contributed by atoms with E-state index in [9.17, 15) is 19.2 Å². The Morgan fingerprint density at radius 1 is 1.27 bits per heavy atom. The van der Waals surface area contributed by atoms with E-state index in [4.69, 9.17) is 0 Å². The van der Waals surface area contributed by atoms with Gasteiger partial charge in [-0.2, -0.15) is 0 Å². The van der Waals surface area contributed by atoms with E-state index in [1.54, 1.807) is 9.95 Å². The van der Waals surface area contributed by atoms with Gasteiger partial charge in [0.1, 0.15) is 5.54 Å². The second-order valence-corrected chi connectivity index (χ2v) is 7.74. The number of urea groups is 1. The fourth-order valence-corrected chi connectivity index (χ4v) is 4.40. The van der Waals surface area contributed by atoms with Crippen LogP contribution in [0.15, 0.2) is 10.2 Å². The predicted octanol–water partition coefficient (Wildman–Crippen LogP) is 0.979. The first-order valence-electron chi connectivity index (χ1n) is 8.99. The van der Waals surface area contributed by atoms with Gasteiger partial charge in [-0.1, -0.05) is 24.2 Å². The van der Waals surface area contributed by atoms with Gasteiger partial charge in [-0.05, 0) is 26.2 Å². The molecule has 0 atom stereocenters. The van der Waals surface area contributed by atoms with Crippen LogP contribution in [0.2, 0.25) is 0 Å². The van der Waals surface area contributed by atoms with Crippen molar-refractivity contribution in [3.05, 3.63) is 20.7 Å². The standard InChI is InChI=1S/C17H24N4O4S/c1-12-11-26-16(25)20(12)10-5-13(22)18-8-4-9-21-14(23)17(19-15(21)24)6-2-3-7-17/h11H,2-10H2,1H3,(H,18,22)(H,19,24). The molecule has 1 saturated carbocycles. The van der Waals surface area contributed by atoms with Gasteiger partial charge in [-0.15, -0.1) is 0 Å². The Kier molecular flexibility index (Phi) is 5.45. The van der Waals surface area contributed by atoms with Crippen molar-refractivity contribution in [1.82, 2.24) is 20.1 Å². The molecule has 0 aromatic carbocycles. The number of hydrogen-bond acceptors (Lipinski definition) is 5. The summed E-state index contributed by atoms with van der Waals surface area (Å²) in [6.45, 7) is 2.89. The molecule has 0 bridgehead atoms. The van der Waals surface area contributed by atoms with E-state index in [2.05, 4.69) is 10.6 Å². The van der Waals surface area contributed by atoms with Crippen LogP contribution in [0.5, 0.6) is 0 Å². The van der Waals surface area contributed by atoms with Gasteiger partial charge in [0.05, 0.1) is 0 Å². The fraction of sp³-hybridized carbons (Fsp3) is 0.647. The van der Waals surface area contributed by atoms with Crippen molar-refractivity contribution in [2.24, 2.45) is 0 Å². The summed E-state index contributed by atoms with van der Waals surface area (Å²) in [4.78, 5) is 49.3. The molecule has 2 heterocycles. The summed E-state index contributed by atoms with van der Waals surface area (Å²) in [7, 11) is 0. The van der Waals surface area contributed by atoms with Crippen molar-refractivity contribution >= 4 is 29.2 Å². The summed E-state index contributed by atoms with van der Waals surface area (Å²) in [5.74, 6) is -0.273. The average molecular weight is 380 g/mol. The lowest BCUT2D eigenvalue weighted by Gasteiger charge is -2.20. The molecule has 0 radical (unpaired) electrons. The zero-order chi connectivity index (χ0) is 18.7. The topological polar surface area (TPSA) is 101 Å². The number of nitrogens with one attached hydrogen (secondary N) is 2. The highest BCUT2D eigenvalue weighted by Gasteiger charge is 2.51. The van der Waals surface area contributed by atoms with Crippen LogP contribution in [0.1, 0.15) is 44.2 Å². The quantitative estimate of drug-likeness (QED) is 0.544. The lowest BCUT2D eigenvalue weighted by molar-refractivity contribution is -0.131. The van der Waals surface area contributed by atoms with Gasteiger partial charge < -0.3 is 15.2 Å². The first-order valence-corrected chi connectivity index (χ1v) is 9.87. The van der Waals surface area contributed by atoms with Gasteiger partial charge in [0.2, 0.25) is 5.91 Å². The lowest BCUT2D eigenvalue weighted by atomic mass is 9.98. The van der Waals surface area contributed by atoms with Crippen molar-refractivity contribution < 1.29 is 14.4 Å². The Bertz CT molecular complexity index is 763. The van der Waals surface area contributed by atoms with Crippen LogP contribution in [0.4, 0.5) is 4.79 Å². The highest BCUT2D eigenvalue weighted by molar-refractivity contribution is 7.07. The number of rotatable bonds is 7. The van der Waals surface area contributed by atoms with Crippen LogP contribution < -0.4 is 15.5 Å². The Morgan fingerprint density at radius 3 is 2.65 bits per heavy atom. The molecule has 26 heavy (non-hydrogen) atoms. The van der Waals surface area contributed by atoms with Crippen molar-refractivity contribution in [2.45, 2.75) is 57.5 Å². The molecule has 1 spiro atoms. The van der Waals surface area contributed by atoms with Crippen LogP contribution in [0, 0.1) is 6.92 Å². The third-order valence-electron chi connectivity index (χ3n) is 5.12. The molecule has 1 aliphatic heterocycles. The van der Waals surface area contributed by atoms with E-state index in [-0.39, 0.29) is 29.1 Å². The third kappa shape index (κ3) is 3.67. The largest absolute Gasteiger partial charge is 0.356 e. The van der Waals surface area contributed by atoms with E-state index in [1.807, 2.05) is 6.92 Å². The highest BCUT2D eigenvalue weighted by atomic mass is 32.1. The maximum absolute atomic E-state index is 12.5. The average Bonchev–Trinajstić information content (AvgIpc) is 3.26. The molecule has 1 aromatic rings. The number of thiazole rings is 1. The van der Waals surface area contributed by atoms with Crippen LogP contribution in [-0.2, 0) is 16.1 Å². The second-order valence-electron chi connectivity index (χ2n) is 6.92. The Morgan fingerprint density at radius 2 is 2.00 bits per heavy atom. The summed E-state index contributed by atoms with van der Waals surface area (Å²) < 4.78 is 1.58. The summed E-state index contributed by atoms with van der Waals surface area (Å²) in [5, 5.41) is 7.40. The minimum absolute atomic E-state index is 0.0605. The number of nitrogens with zero attached hydrogens (tertiary/aromatic N) is 2. The molecule has 2 fully saturated rings. The number of amides is 4. The minimum atomic E-state index is -0.675. The molecule has 2 N–H and O–H groups in total. The first-order chi connectivity index (χ1) is 12.4. The van der Waals surface area contributed by atoms with E-state index in [1.165, 1.54) is 4.90 Å². The molecule has 9 heteroatoms. The van der Waals surface area contributed by atoms with Crippen LogP contribution in [0.25, 0.3) is 0 Å². The normalized spacial score (nSPS) is 18.6. The predicted molar refractivity (Wildman–Crippen MR) is 97.0 cm³/mol. The number of imide groups is 1. The SMILES string of the molecule is Cc1csc(=O)n1CCC(=O)NCCCN1C(=O)NC2(CCCC2)C1=O. The molecule has 1 saturated heterocycles. The Labute approximate surface area is 155 Å².